The molecular weight excluding hydrogens is 390 g/mol. The normalized spacial score (nSPS) is 24.8. The first-order valence-corrected chi connectivity index (χ1v) is 9.99. The van der Waals surface area contributed by atoms with Crippen LogP contribution in [0.25, 0.3) is 0 Å². The molecule has 0 bridgehead atoms. The lowest BCUT2D eigenvalue weighted by molar-refractivity contribution is -0.155. The third-order valence-corrected chi connectivity index (χ3v) is 5.14. The van der Waals surface area contributed by atoms with Crippen LogP contribution in [-0.2, 0) is 9.53 Å². The molecule has 29 heavy (non-hydrogen) atoms. The van der Waals surface area contributed by atoms with Gasteiger partial charge >= 0.3 is 5.97 Å². The van der Waals surface area contributed by atoms with Gasteiger partial charge in [-0.2, -0.15) is 0 Å². The fourth-order valence-electron chi connectivity index (χ4n) is 3.60. The van der Waals surface area contributed by atoms with Gasteiger partial charge in [0.1, 0.15) is 29.7 Å². The van der Waals surface area contributed by atoms with Crippen molar-refractivity contribution in [3.8, 4) is 11.5 Å². The van der Waals surface area contributed by atoms with E-state index in [9.17, 15) is 4.79 Å². The van der Waals surface area contributed by atoms with Crippen LogP contribution in [0.5, 0.6) is 11.5 Å². The molecule has 2 aromatic carbocycles. The summed E-state index contributed by atoms with van der Waals surface area (Å²) in [7, 11) is 0. The summed E-state index contributed by atoms with van der Waals surface area (Å²) in [5, 5.41) is 0. The van der Waals surface area contributed by atoms with E-state index in [0.717, 1.165) is 30.8 Å². The highest BCUT2D eigenvalue weighted by molar-refractivity contribution is 5.85. The van der Waals surface area contributed by atoms with Crippen molar-refractivity contribution in [2.24, 2.45) is 11.7 Å². The molecule has 0 unspecified atom stereocenters. The lowest BCUT2D eigenvalue weighted by atomic mass is 9.89. The van der Waals surface area contributed by atoms with Gasteiger partial charge in [0.25, 0.3) is 0 Å². The molecule has 0 aliphatic carbocycles. The zero-order chi connectivity index (χ0) is 19.8. The molecular formula is C23H30ClNO4. The summed E-state index contributed by atoms with van der Waals surface area (Å²) in [6.45, 7) is 2.46. The number of carbonyl (C=O) groups excluding carboxylic acids is 1. The van der Waals surface area contributed by atoms with Gasteiger partial charge in [0.15, 0.2) is 0 Å². The molecule has 3 rings (SSSR count). The Morgan fingerprint density at radius 1 is 1.00 bits per heavy atom. The van der Waals surface area contributed by atoms with Gasteiger partial charge in [-0.3, -0.25) is 4.79 Å². The van der Waals surface area contributed by atoms with Gasteiger partial charge in [-0.25, -0.2) is 0 Å². The number of para-hydroxylation sites is 2. The zero-order valence-corrected chi connectivity index (χ0v) is 17.6. The van der Waals surface area contributed by atoms with E-state index < -0.39 is 12.1 Å². The van der Waals surface area contributed by atoms with Gasteiger partial charge in [0, 0.05) is 5.92 Å². The Labute approximate surface area is 178 Å². The topological polar surface area (TPSA) is 70.8 Å². The predicted octanol–water partition coefficient (Wildman–Crippen LogP) is 4.38. The molecule has 1 fully saturated rings. The molecule has 1 saturated heterocycles. The van der Waals surface area contributed by atoms with E-state index >= 15 is 0 Å². The van der Waals surface area contributed by atoms with Crippen LogP contribution in [0.2, 0.25) is 0 Å². The Kier molecular flexibility index (Phi) is 9.29. The molecule has 0 amide bonds. The number of hydrogen-bond donors (Lipinski definition) is 1. The number of rotatable bonds is 6. The van der Waals surface area contributed by atoms with Crippen LogP contribution in [0, 0.1) is 5.92 Å². The van der Waals surface area contributed by atoms with Gasteiger partial charge < -0.3 is 19.9 Å². The summed E-state index contributed by atoms with van der Waals surface area (Å²) in [5.74, 6) is 1.47. The Morgan fingerprint density at radius 3 is 2.28 bits per heavy atom. The number of esters is 1. The number of nitrogens with two attached hydrogens (primary N) is 1. The van der Waals surface area contributed by atoms with Crippen LogP contribution in [0.15, 0.2) is 60.7 Å². The first-order valence-electron chi connectivity index (χ1n) is 9.99. The van der Waals surface area contributed by atoms with E-state index in [0.29, 0.717) is 13.0 Å². The highest BCUT2D eigenvalue weighted by atomic mass is 35.5. The second-order valence-electron chi connectivity index (χ2n) is 7.29. The fraction of sp³-hybridized carbons (Fsp3) is 0.435. The smallest absolute Gasteiger partial charge is 0.323 e. The Balaban J connectivity index is 0.00000300. The van der Waals surface area contributed by atoms with Crippen LogP contribution in [-0.4, -0.2) is 30.8 Å². The third kappa shape index (κ3) is 6.94. The van der Waals surface area contributed by atoms with Crippen molar-refractivity contribution in [2.75, 3.05) is 6.61 Å². The molecule has 5 nitrogen and oxygen atoms in total. The van der Waals surface area contributed by atoms with Crippen molar-refractivity contribution in [2.45, 2.75) is 50.9 Å². The van der Waals surface area contributed by atoms with Crippen LogP contribution < -0.4 is 15.2 Å². The van der Waals surface area contributed by atoms with E-state index in [4.69, 9.17) is 19.9 Å². The predicted molar refractivity (Wildman–Crippen MR) is 116 cm³/mol. The summed E-state index contributed by atoms with van der Waals surface area (Å²) in [4.78, 5) is 12.2. The number of carbonyl (C=O) groups is 1. The summed E-state index contributed by atoms with van der Waals surface area (Å²) >= 11 is 0. The molecule has 158 valence electrons. The second kappa shape index (κ2) is 11.7. The molecule has 1 aliphatic heterocycles. The van der Waals surface area contributed by atoms with Crippen molar-refractivity contribution in [1.82, 2.24) is 0 Å². The second-order valence-corrected chi connectivity index (χ2v) is 7.29. The van der Waals surface area contributed by atoms with Crippen LogP contribution in [0.3, 0.4) is 0 Å². The lowest BCUT2D eigenvalue weighted by Gasteiger charge is -2.31. The highest BCUT2D eigenvalue weighted by Crippen LogP contribution is 2.28. The van der Waals surface area contributed by atoms with Crippen molar-refractivity contribution >= 4 is 18.4 Å². The molecule has 4 atom stereocenters. The fourth-order valence-corrected chi connectivity index (χ4v) is 3.60. The molecule has 1 heterocycles. The molecule has 1 aliphatic rings. The van der Waals surface area contributed by atoms with Gasteiger partial charge in [-0.05, 0) is 50.5 Å². The number of halogens is 1. The van der Waals surface area contributed by atoms with E-state index in [1.807, 2.05) is 67.6 Å². The Hall–Kier alpha value is -2.24. The van der Waals surface area contributed by atoms with Crippen LogP contribution >= 0.6 is 12.4 Å². The van der Waals surface area contributed by atoms with Gasteiger partial charge in [-0.1, -0.05) is 42.8 Å². The molecule has 6 heteroatoms. The van der Waals surface area contributed by atoms with Crippen molar-refractivity contribution in [1.29, 1.82) is 0 Å². The van der Waals surface area contributed by atoms with Crippen molar-refractivity contribution in [3.05, 3.63) is 60.7 Å². The maximum Gasteiger partial charge on any atom is 0.323 e. The summed E-state index contributed by atoms with van der Waals surface area (Å²) in [5.41, 5.74) is 5.96. The first-order chi connectivity index (χ1) is 13.6. The Bertz CT molecular complexity index is 728. The Morgan fingerprint density at radius 2 is 1.62 bits per heavy atom. The molecule has 2 aromatic rings. The van der Waals surface area contributed by atoms with Gasteiger partial charge in [-0.15, -0.1) is 12.4 Å². The lowest BCUT2D eigenvalue weighted by Crippen LogP contribution is -2.42. The van der Waals surface area contributed by atoms with E-state index in [2.05, 4.69) is 0 Å². The summed E-state index contributed by atoms with van der Waals surface area (Å²) < 4.78 is 17.8. The quantitative estimate of drug-likeness (QED) is 0.703. The van der Waals surface area contributed by atoms with E-state index in [1.165, 1.54) is 0 Å². The van der Waals surface area contributed by atoms with Crippen molar-refractivity contribution in [3.63, 3.8) is 0 Å². The SMILES string of the molecule is C[C@@H]1OC(=O)[C@@H](N)CCC[C@H](CCOc2ccccc2)[C@H]1Oc1ccccc1.Cl. The average molecular weight is 420 g/mol. The highest BCUT2D eigenvalue weighted by Gasteiger charge is 2.34. The summed E-state index contributed by atoms with van der Waals surface area (Å²) in [6.07, 6.45) is 2.55. The number of cyclic esters (lactones) is 1. The van der Waals surface area contributed by atoms with E-state index in [-0.39, 0.29) is 30.4 Å². The van der Waals surface area contributed by atoms with Crippen molar-refractivity contribution < 1.29 is 19.0 Å². The minimum atomic E-state index is -0.570. The molecule has 0 radical (unpaired) electrons. The monoisotopic (exact) mass is 419 g/mol. The third-order valence-electron chi connectivity index (χ3n) is 5.14. The molecule has 0 spiro atoms. The number of ether oxygens (including phenoxy) is 3. The maximum absolute atomic E-state index is 12.2. The first kappa shape index (κ1) is 23.0. The average Bonchev–Trinajstić information content (AvgIpc) is 2.76. The molecule has 2 N–H and O–H groups in total. The minimum Gasteiger partial charge on any atom is -0.494 e. The van der Waals surface area contributed by atoms with Crippen LogP contribution in [0.1, 0.15) is 32.6 Å². The largest absolute Gasteiger partial charge is 0.494 e. The zero-order valence-electron chi connectivity index (χ0n) is 16.7. The molecule has 0 saturated carbocycles. The number of hydrogen-bond acceptors (Lipinski definition) is 5. The van der Waals surface area contributed by atoms with Gasteiger partial charge in [0.2, 0.25) is 0 Å². The summed E-state index contributed by atoms with van der Waals surface area (Å²) in [6, 6.07) is 18.9. The minimum absolute atomic E-state index is 0. The molecule has 0 aromatic heterocycles. The van der Waals surface area contributed by atoms with E-state index in [1.54, 1.807) is 0 Å². The van der Waals surface area contributed by atoms with Gasteiger partial charge in [0.05, 0.1) is 6.61 Å². The standard InChI is InChI=1S/C23H29NO4.ClH/c1-17-22(28-20-12-6-3-7-13-20)18(9-8-14-21(24)23(25)27-17)15-16-26-19-10-4-2-5-11-19;/h2-7,10-13,17-18,21-22H,8-9,14-16,24H2,1H3;1H/t17-,18+,21-,22-;/m0./s1. The van der Waals surface area contributed by atoms with Crippen LogP contribution in [0.4, 0.5) is 0 Å². The maximum atomic E-state index is 12.2. The number of benzene rings is 2.